The van der Waals surface area contributed by atoms with Gasteiger partial charge in [0.2, 0.25) is 0 Å². The third kappa shape index (κ3) is 4.81. The van der Waals surface area contributed by atoms with Crippen molar-refractivity contribution in [3.05, 3.63) is 34.8 Å². The fraction of sp³-hybridized carbons (Fsp3) is 0.591. The van der Waals surface area contributed by atoms with Crippen LogP contribution in [-0.4, -0.2) is 43.4 Å². The molecule has 1 unspecified atom stereocenters. The highest BCUT2D eigenvalue weighted by Gasteiger charge is 2.47. The van der Waals surface area contributed by atoms with Crippen molar-refractivity contribution in [1.29, 1.82) is 0 Å². The van der Waals surface area contributed by atoms with Gasteiger partial charge in [-0.25, -0.2) is 9.97 Å². The molecule has 4 rings (SSSR count). The minimum Gasteiger partial charge on any atom is -0.598 e. The Morgan fingerprint density at radius 3 is 2.52 bits per heavy atom. The molecule has 1 saturated carbocycles. The standard InChI is InChI=1S/C22H29Cl2N5OS/c1-21(2,3)31(30)28-17-5-4-7-22(17)8-11-29(12-9-22)18-14-26-16(13-27-18)15-6-10-25-20(24)19(15)23/h6,10,13-14,17,28H,4-5,7-9,11-12H2,1-3H3/t17-,31?/m1/s1. The molecule has 9 heteroatoms. The largest absolute Gasteiger partial charge is 0.598 e. The zero-order valence-electron chi connectivity index (χ0n) is 18.2. The Bertz CT molecular complexity index is 913. The van der Waals surface area contributed by atoms with Crippen molar-refractivity contribution in [2.75, 3.05) is 18.0 Å². The van der Waals surface area contributed by atoms with Gasteiger partial charge in [-0.2, -0.15) is 0 Å². The van der Waals surface area contributed by atoms with Crippen LogP contribution in [0.15, 0.2) is 24.7 Å². The number of nitrogens with zero attached hydrogens (tertiary/aromatic N) is 4. The van der Waals surface area contributed by atoms with E-state index in [9.17, 15) is 4.55 Å². The summed E-state index contributed by atoms with van der Waals surface area (Å²) >= 11 is 11.2. The Balaban J connectivity index is 1.42. The number of pyridine rings is 1. The predicted octanol–water partition coefficient (Wildman–Crippen LogP) is 5.04. The number of piperidine rings is 1. The van der Waals surface area contributed by atoms with Crippen LogP contribution < -0.4 is 9.62 Å². The molecule has 2 aromatic heterocycles. The topological polar surface area (TPSA) is 77.0 Å². The second-order valence-electron chi connectivity index (χ2n) is 9.52. The molecule has 2 aromatic rings. The zero-order valence-corrected chi connectivity index (χ0v) is 20.5. The summed E-state index contributed by atoms with van der Waals surface area (Å²) in [6.07, 6.45) is 10.8. The van der Waals surface area contributed by atoms with Crippen LogP contribution in [0, 0.1) is 5.41 Å². The van der Waals surface area contributed by atoms with Crippen LogP contribution in [-0.2, 0) is 11.4 Å². The van der Waals surface area contributed by atoms with E-state index >= 15 is 0 Å². The Hall–Kier alpha value is -1.12. The van der Waals surface area contributed by atoms with E-state index in [1.165, 1.54) is 12.8 Å². The molecular formula is C22H29Cl2N5OS. The predicted molar refractivity (Wildman–Crippen MR) is 128 cm³/mol. The first-order valence-electron chi connectivity index (χ1n) is 10.7. The van der Waals surface area contributed by atoms with Gasteiger partial charge in [-0.3, -0.25) is 4.98 Å². The summed E-state index contributed by atoms with van der Waals surface area (Å²) < 4.78 is 15.9. The molecule has 3 heterocycles. The summed E-state index contributed by atoms with van der Waals surface area (Å²) in [5.74, 6) is 0.871. The van der Waals surface area contributed by atoms with E-state index in [4.69, 9.17) is 23.2 Å². The molecule has 1 saturated heterocycles. The molecule has 0 radical (unpaired) electrons. The van der Waals surface area contributed by atoms with Gasteiger partial charge in [0.1, 0.15) is 15.7 Å². The molecule has 0 aromatic carbocycles. The summed E-state index contributed by atoms with van der Waals surface area (Å²) in [5.41, 5.74) is 1.63. The molecule has 1 N–H and O–H groups in total. The van der Waals surface area contributed by atoms with Gasteiger partial charge in [-0.15, -0.1) is 4.72 Å². The summed E-state index contributed by atoms with van der Waals surface area (Å²) in [6.45, 7) is 7.92. The molecule has 2 fully saturated rings. The van der Waals surface area contributed by atoms with Gasteiger partial charge < -0.3 is 9.45 Å². The summed E-state index contributed by atoms with van der Waals surface area (Å²) in [4.78, 5) is 15.5. The van der Waals surface area contributed by atoms with Gasteiger partial charge >= 0.3 is 0 Å². The lowest BCUT2D eigenvalue weighted by molar-refractivity contribution is 0.186. The number of nitrogens with one attached hydrogen (secondary N) is 1. The highest BCUT2D eigenvalue weighted by atomic mass is 35.5. The minimum absolute atomic E-state index is 0.228. The van der Waals surface area contributed by atoms with Gasteiger partial charge in [0.15, 0.2) is 0 Å². The Kier molecular flexibility index (Phi) is 6.71. The molecule has 0 bridgehead atoms. The SMILES string of the molecule is CC(C)(C)[S+]([O-])N[C@@H]1CCCC12CCN(c1cnc(-c3ccnc(Cl)c3Cl)cn1)CC2. The molecular weight excluding hydrogens is 453 g/mol. The lowest BCUT2D eigenvalue weighted by Gasteiger charge is -2.44. The fourth-order valence-corrected chi connectivity index (χ4v) is 5.99. The quantitative estimate of drug-likeness (QED) is 0.486. The molecule has 2 aliphatic rings. The van der Waals surface area contributed by atoms with E-state index in [-0.39, 0.29) is 15.3 Å². The van der Waals surface area contributed by atoms with E-state index < -0.39 is 11.4 Å². The molecule has 6 nitrogen and oxygen atoms in total. The number of rotatable bonds is 4. The normalized spacial score (nSPS) is 22.1. The van der Waals surface area contributed by atoms with Gasteiger partial charge in [0.25, 0.3) is 0 Å². The van der Waals surface area contributed by atoms with Crippen LogP contribution in [0.5, 0.6) is 0 Å². The van der Waals surface area contributed by atoms with Gasteiger partial charge in [0, 0.05) is 36.2 Å². The first-order chi connectivity index (χ1) is 14.7. The second-order valence-corrected chi connectivity index (χ2v) is 12.3. The van der Waals surface area contributed by atoms with Gasteiger partial charge in [0.05, 0.1) is 29.2 Å². The number of aromatic nitrogens is 3. The molecule has 1 spiro atoms. The smallest absolute Gasteiger partial charge is 0.148 e. The second kappa shape index (κ2) is 9.02. The molecule has 168 valence electrons. The van der Waals surface area contributed by atoms with Crippen LogP contribution >= 0.6 is 23.2 Å². The molecule has 31 heavy (non-hydrogen) atoms. The van der Waals surface area contributed by atoms with E-state index in [0.29, 0.717) is 16.8 Å². The maximum atomic E-state index is 12.7. The van der Waals surface area contributed by atoms with Crippen molar-refractivity contribution in [3.8, 4) is 11.3 Å². The maximum absolute atomic E-state index is 12.7. The van der Waals surface area contributed by atoms with Crippen molar-refractivity contribution in [3.63, 3.8) is 0 Å². The lowest BCUT2D eigenvalue weighted by Crippen LogP contribution is -2.53. The molecule has 0 amide bonds. The molecule has 2 atom stereocenters. The summed E-state index contributed by atoms with van der Waals surface area (Å²) in [5, 5.41) is 0.650. The average molecular weight is 482 g/mol. The van der Waals surface area contributed by atoms with E-state index in [1.54, 1.807) is 24.7 Å². The van der Waals surface area contributed by atoms with Gasteiger partial charge in [-0.05, 0) is 57.9 Å². The number of hydrogen-bond acceptors (Lipinski definition) is 6. The zero-order chi connectivity index (χ0) is 22.2. The Morgan fingerprint density at radius 2 is 1.87 bits per heavy atom. The highest BCUT2D eigenvalue weighted by Crippen LogP contribution is 2.47. The summed E-state index contributed by atoms with van der Waals surface area (Å²) in [7, 11) is 0. The van der Waals surface area contributed by atoms with Crippen molar-refractivity contribution >= 4 is 40.4 Å². The number of hydrogen-bond donors (Lipinski definition) is 1. The van der Waals surface area contributed by atoms with E-state index in [1.807, 2.05) is 20.8 Å². The maximum Gasteiger partial charge on any atom is 0.148 e. The third-order valence-electron chi connectivity index (χ3n) is 6.56. The first-order valence-corrected chi connectivity index (χ1v) is 12.7. The first kappa shape index (κ1) is 23.1. The van der Waals surface area contributed by atoms with Crippen LogP contribution in [0.25, 0.3) is 11.3 Å². The molecule has 1 aliphatic carbocycles. The number of anilines is 1. The van der Waals surface area contributed by atoms with Gasteiger partial charge in [-0.1, -0.05) is 29.6 Å². The molecule has 1 aliphatic heterocycles. The Labute approximate surface area is 197 Å². The van der Waals surface area contributed by atoms with Crippen molar-refractivity contribution in [1.82, 2.24) is 19.7 Å². The third-order valence-corrected chi connectivity index (χ3v) is 8.93. The Morgan fingerprint density at radius 1 is 1.13 bits per heavy atom. The fourth-order valence-electron chi connectivity index (χ4n) is 4.65. The van der Waals surface area contributed by atoms with Crippen LogP contribution in [0.4, 0.5) is 5.82 Å². The summed E-state index contributed by atoms with van der Waals surface area (Å²) in [6, 6.07) is 2.11. The van der Waals surface area contributed by atoms with Crippen LogP contribution in [0.2, 0.25) is 10.2 Å². The van der Waals surface area contributed by atoms with Crippen molar-refractivity contribution < 1.29 is 4.55 Å². The van der Waals surface area contributed by atoms with Crippen LogP contribution in [0.1, 0.15) is 52.9 Å². The monoisotopic (exact) mass is 481 g/mol. The van der Waals surface area contributed by atoms with Crippen molar-refractivity contribution in [2.24, 2.45) is 5.41 Å². The van der Waals surface area contributed by atoms with E-state index in [2.05, 4.69) is 24.6 Å². The minimum atomic E-state index is -1.03. The number of halogens is 2. The van der Waals surface area contributed by atoms with Crippen molar-refractivity contribution in [2.45, 2.75) is 63.7 Å². The van der Waals surface area contributed by atoms with Crippen LogP contribution in [0.3, 0.4) is 0 Å². The average Bonchev–Trinajstić information content (AvgIpc) is 3.12. The highest BCUT2D eigenvalue weighted by molar-refractivity contribution is 7.90. The lowest BCUT2D eigenvalue weighted by atomic mass is 9.74. The van der Waals surface area contributed by atoms with E-state index in [0.717, 1.165) is 43.7 Å².